The molecule has 1 saturated heterocycles. The summed E-state index contributed by atoms with van der Waals surface area (Å²) in [4.78, 5) is 0. The van der Waals surface area contributed by atoms with Gasteiger partial charge in [0, 0.05) is 6.04 Å². The Hall–Kier alpha value is 0.310. The minimum atomic E-state index is 0.838. The first-order valence-corrected chi connectivity index (χ1v) is 7.86. The first kappa shape index (κ1) is 11.8. The van der Waals surface area contributed by atoms with Crippen molar-refractivity contribution in [3.8, 4) is 0 Å². The Balaban J connectivity index is 1.77. The summed E-state index contributed by atoms with van der Waals surface area (Å²) in [5, 5.41) is 3.80. The number of hydrogen-bond donors (Lipinski definition) is 1. The van der Waals surface area contributed by atoms with Gasteiger partial charge in [0.2, 0.25) is 0 Å². The fourth-order valence-electron chi connectivity index (χ4n) is 2.73. The van der Waals surface area contributed by atoms with Crippen molar-refractivity contribution < 1.29 is 0 Å². The molecule has 0 aromatic heterocycles. The van der Waals surface area contributed by atoms with Gasteiger partial charge in [0.1, 0.15) is 0 Å². The Bertz CT molecular complexity index is 173. The monoisotopic (exact) mass is 227 g/mol. The van der Waals surface area contributed by atoms with E-state index in [1.807, 2.05) is 0 Å². The summed E-state index contributed by atoms with van der Waals surface area (Å²) in [6.45, 7) is 3.50. The van der Waals surface area contributed by atoms with Crippen LogP contribution in [0.4, 0.5) is 0 Å². The highest BCUT2D eigenvalue weighted by molar-refractivity contribution is 7.99. The molecule has 0 bridgehead atoms. The molecule has 0 amide bonds. The SMILES string of the molecule is CCCNC(CC1CCC1)C1CCSC1. The molecule has 88 valence electrons. The topological polar surface area (TPSA) is 12.0 Å². The van der Waals surface area contributed by atoms with Gasteiger partial charge < -0.3 is 5.32 Å². The van der Waals surface area contributed by atoms with E-state index in [4.69, 9.17) is 0 Å². The summed E-state index contributed by atoms with van der Waals surface area (Å²) >= 11 is 2.16. The van der Waals surface area contributed by atoms with Crippen molar-refractivity contribution >= 4 is 11.8 Å². The highest BCUT2D eigenvalue weighted by Gasteiger charge is 2.29. The minimum absolute atomic E-state index is 0.838. The van der Waals surface area contributed by atoms with E-state index in [9.17, 15) is 0 Å². The largest absolute Gasteiger partial charge is 0.314 e. The van der Waals surface area contributed by atoms with Gasteiger partial charge in [-0.15, -0.1) is 0 Å². The zero-order chi connectivity index (χ0) is 10.5. The Morgan fingerprint density at radius 2 is 2.20 bits per heavy atom. The predicted molar refractivity (Wildman–Crippen MR) is 69.5 cm³/mol. The normalized spacial score (nSPS) is 29.0. The van der Waals surface area contributed by atoms with Crippen molar-refractivity contribution in [2.45, 2.75) is 51.5 Å². The van der Waals surface area contributed by atoms with E-state index in [1.165, 1.54) is 56.6 Å². The standard InChI is InChI=1S/C13H25NS/c1-2-7-14-13(9-11-4-3-5-11)12-6-8-15-10-12/h11-14H,2-10H2,1H3. The van der Waals surface area contributed by atoms with Gasteiger partial charge in [0.15, 0.2) is 0 Å². The lowest BCUT2D eigenvalue weighted by Crippen LogP contribution is -2.39. The molecule has 2 aliphatic rings. The average molecular weight is 227 g/mol. The molecule has 0 aromatic rings. The molecule has 1 nitrogen and oxygen atoms in total. The maximum atomic E-state index is 3.80. The summed E-state index contributed by atoms with van der Waals surface area (Å²) in [7, 11) is 0. The predicted octanol–water partition coefficient (Wildman–Crippen LogP) is 3.30. The lowest BCUT2D eigenvalue weighted by Gasteiger charge is -2.33. The smallest absolute Gasteiger partial charge is 0.0106 e. The molecule has 1 N–H and O–H groups in total. The molecule has 2 atom stereocenters. The van der Waals surface area contributed by atoms with Crippen LogP contribution in [-0.4, -0.2) is 24.1 Å². The summed E-state index contributed by atoms with van der Waals surface area (Å²) in [6, 6.07) is 0.838. The number of rotatable bonds is 6. The maximum absolute atomic E-state index is 3.80. The highest BCUT2D eigenvalue weighted by Crippen LogP contribution is 2.35. The first-order valence-electron chi connectivity index (χ1n) is 6.71. The van der Waals surface area contributed by atoms with Gasteiger partial charge in [-0.25, -0.2) is 0 Å². The summed E-state index contributed by atoms with van der Waals surface area (Å²) < 4.78 is 0. The van der Waals surface area contributed by atoms with Crippen molar-refractivity contribution in [3.63, 3.8) is 0 Å². The highest BCUT2D eigenvalue weighted by atomic mass is 32.2. The summed E-state index contributed by atoms with van der Waals surface area (Å²) in [5.74, 6) is 4.85. The van der Waals surface area contributed by atoms with Crippen LogP contribution in [0.3, 0.4) is 0 Å². The van der Waals surface area contributed by atoms with Gasteiger partial charge in [-0.1, -0.05) is 26.2 Å². The third-order valence-corrected chi connectivity index (χ3v) is 5.19. The van der Waals surface area contributed by atoms with E-state index in [0.717, 1.165) is 17.9 Å². The summed E-state index contributed by atoms with van der Waals surface area (Å²) in [5.41, 5.74) is 0. The fraction of sp³-hybridized carbons (Fsp3) is 1.00. The molecule has 2 unspecified atom stereocenters. The third kappa shape index (κ3) is 3.39. The molecule has 1 heterocycles. The van der Waals surface area contributed by atoms with Crippen LogP contribution in [0, 0.1) is 11.8 Å². The second kappa shape index (κ2) is 6.15. The zero-order valence-electron chi connectivity index (χ0n) is 10.0. The molecule has 2 rings (SSSR count). The van der Waals surface area contributed by atoms with E-state index in [2.05, 4.69) is 24.0 Å². The molecule has 2 fully saturated rings. The van der Waals surface area contributed by atoms with Crippen LogP contribution in [-0.2, 0) is 0 Å². The lowest BCUT2D eigenvalue weighted by molar-refractivity contribution is 0.230. The van der Waals surface area contributed by atoms with Crippen molar-refractivity contribution in [2.75, 3.05) is 18.1 Å². The third-order valence-electron chi connectivity index (χ3n) is 4.00. The Morgan fingerprint density at radius 1 is 1.33 bits per heavy atom. The number of hydrogen-bond acceptors (Lipinski definition) is 2. The molecule has 0 radical (unpaired) electrons. The van der Waals surface area contributed by atoms with Crippen LogP contribution >= 0.6 is 11.8 Å². The lowest BCUT2D eigenvalue weighted by atomic mass is 9.78. The van der Waals surface area contributed by atoms with E-state index in [-0.39, 0.29) is 0 Å². The fourth-order valence-corrected chi connectivity index (χ4v) is 4.07. The average Bonchev–Trinajstić information content (AvgIpc) is 2.68. The van der Waals surface area contributed by atoms with E-state index in [1.54, 1.807) is 0 Å². The molecule has 15 heavy (non-hydrogen) atoms. The van der Waals surface area contributed by atoms with Crippen molar-refractivity contribution in [2.24, 2.45) is 11.8 Å². The maximum Gasteiger partial charge on any atom is 0.0106 e. The molecular weight excluding hydrogens is 202 g/mol. The van der Waals surface area contributed by atoms with Crippen LogP contribution in [0.2, 0.25) is 0 Å². The Morgan fingerprint density at radius 3 is 2.73 bits per heavy atom. The number of nitrogens with one attached hydrogen (secondary N) is 1. The van der Waals surface area contributed by atoms with Crippen molar-refractivity contribution in [3.05, 3.63) is 0 Å². The molecular formula is C13H25NS. The van der Waals surface area contributed by atoms with E-state index in [0.29, 0.717) is 0 Å². The van der Waals surface area contributed by atoms with Gasteiger partial charge >= 0.3 is 0 Å². The van der Waals surface area contributed by atoms with Gasteiger partial charge in [-0.05, 0) is 49.1 Å². The quantitative estimate of drug-likeness (QED) is 0.747. The van der Waals surface area contributed by atoms with E-state index < -0.39 is 0 Å². The van der Waals surface area contributed by atoms with Gasteiger partial charge in [-0.2, -0.15) is 11.8 Å². The molecule has 1 saturated carbocycles. The van der Waals surface area contributed by atoms with Crippen LogP contribution in [0.15, 0.2) is 0 Å². The zero-order valence-corrected chi connectivity index (χ0v) is 10.8. The Labute approximate surface area is 98.8 Å². The molecule has 1 aliphatic heterocycles. The molecule has 1 aliphatic carbocycles. The van der Waals surface area contributed by atoms with Gasteiger partial charge in [0.05, 0.1) is 0 Å². The van der Waals surface area contributed by atoms with Crippen LogP contribution in [0.1, 0.15) is 45.4 Å². The van der Waals surface area contributed by atoms with Crippen molar-refractivity contribution in [1.29, 1.82) is 0 Å². The van der Waals surface area contributed by atoms with Gasteiger partial charge in [-0.3, -0.25) is 0 Å². The molecule has 2 heteroatoms. The minimum Gasteiger partial charge on any atom is -0.314 e. The number of thioether (sulfide) groups is 1. The Kier molecular flexibility index (Phi) is 4.83. The van der Waals surface area contributed by atoms with Crippen LogP contribution in [0.5, 0.6) is 0 Å². The van der Waals surface area contributed by atoms with Crippen LogP contribution < -0.4 is 5.32 Å². The van der Waals surface area contributed by atoms with Crippen LogP contribution in [0.25, 0.3) is 0 Å². The molecule has 0 spiro atoms. The second-order valence-corrected chi connectivity index (χ2v) is 6.37. The summed E-state index contributed by atoms with van der Waals surface area (Å²) in [6.07, 6.45) is 8.70. The molecule has 0 aromatic carbocycles. The van der Waals surface area contributed by atoms with Crippen molar-refractivity contribution in [1.82, 2.24) is 5.32 Å². The van der Waals surface area contributed by atoms with E-state index >= 15 is 0 Å². The van der Waals surface area contributed by atoms with Gasteiger partial charge in [0.25, 0.3) is 0 Å². The first-order chi connectivity index (χ1) is 7.40. The second-order valence-electron chi connectivity index (χ2n) is 5.22.